The van der Waals surface area contributed by atoms with Crippen molar-refractivity contribution in [3.8, 4) is 0 Å². The molecule has 160 valence electrons. The Morgan fingerprint density at radius 1 is 1.22 bits per heavy atom. The molecule has 1 aromatic rings. The zero-order valence-electron chi connectivity index (χ0n) is 17.3. The standard InChI is InChI=1S/C10H15N5O2.C6H12O.C2H6.H2O.2H2/c1-10(2,3)8(16)15-9(12)14-6(11)7-13-4-5-17-7;1-6-2-4-7-5-3-6;1-2;;;/h4-5H,1-3H3,(H4,11,12,14,15,16);6H,2-5H2,1H3;1-2H3;1H2;2*1H. The van der Waals surface area contributed by atoms with E-state index in [-0.39, 0.29) is 31.9 Å². The van der Waals surface area contributed by atoms with Gasteiger partial charge in [0.25, 0.3) is 11.8 Å². The Balaban J connectivity index is -0.000000221. The van der Waals surface area contributed by atoms with Gasteiger partial charge in [0, 0.05) is 21.5 Å². The van der Waals surface area contributed by atoms with Crippen molar-refractivity contribution in [2.45, 2.75) is 54.4 Å². The van der Waals surface area contributed by atoms with E-state index in [2.05, 4.69) is 21.9 Å². The molecule has 9 heteroatoms. The first-order chi connectivity index (χ1) is 12.2. The number of carbonyl (C=O) groups is 1. The molecule has 1 amide bonds. The molecule has 0 radical (unpaired) electrons. The lowest BCUT2D eigenvalue weighted by Crippen LogP contribution is -2.24. The van der Waals surface area contributed by atoms with E-state index >= 15 is 0 Å². The molecule has 9 nitrogen and oxygen atoms in total. The minimum Gasteiger partial charge on any atom is -0.442 e. The number of nitrogens with zero attached hydrogens (tertiary/aromatic N) is 3. The zero-order chi connectivity index (χ0) is 20.2. The molecule has 2 rings (SSSR count). The van der Waals surface area contributed by atoms with Gasteiger partial charge in [0.1, 0.15) is 6.26 Å². The molecule has 0 unspecified atom stereocenters. The van der Waals surface area contributed by atoms with Gasteiger partial charge in [-0.1, -0.05) is 41.5 Å². The Morgan fingerprint density at radius 2 is 1.78 bits per heavy atom. The van der Waals surface area contributed by atoms with Gasteiger partial charge in [-0.2, -0.15) is 9.98 Å². The predicted octanol–water partition coefficient (Wildman–Crippen LogP) is 2.39. The topological polar surface area (TPSA) is 161 Å². The van der Waals surface area contributed by atoms with Crippen LogP contribution in [0.3, 0.4) is 0 Å². The van der Waals surface area contributed by atoms with Crippen LogP contribution >= 0.6 is 0 Å². The first kappa shape index (κ1) is 27.0. The Bertz CT molecular complexity index is 582. The molecule has 1 aromatic heterocycles. The van der Waals surface area contributed by atoms with Crippen LogP contribution in [0.15, 0.2) is 26.9 Å². The Labute approximate surface area is 164 Å². The minimum atomic E-state index is -0.613. The quantitative estimate of drug-likeness (QED) is 0.553. The maximum atomic E-state index is 11.5. The Morgan fingerprint density at radius 3 is 2.15 bits per heavy atom. The lowest BCUT2D eigenvalue weighted by molar-refractivity contribution is -0.124. The molecule has 1 aliphatic heterocycles. The predicted molar refractivity (Wildman–Crippen MR) is 112 cm³/mol. The summed E-state index contributed by atoms with van der Waals surface area (Å²) in [6, 6.07) is 0. The van der Waals surface area contributed by atoms with Gasteiger partial charge < -0.3 is 26.1 Å². The number of guanidine groups is 1. The van der Waals surface area contributed by atoms with Crippen LogP contribution < -0.4 is 11.5 Å². The molecule has 1 fully saturated rings. The average molecular weight is 390 g/mol. The molecule has 0 aromatic carbocycles. The number of nitrogens with two attached hydrogens (primary N) is 2. The van der Waals surface area contributed by atoms with Crippen molar-refractivity contribution in [1.29, 1.82) is 0 Å². The van der Waals surface area contributed by atoms with Crippen LogP contribution in [0.5, 0.6) is 0 Å². The third-order valence-electron chi connectivity index (χ3n) is 3.25. The molecular weight excluding hydrogens is 350 g/mol. The van der Waals surface area contributed by atoms with Gasteiger partial charge in [-0.15, -0.1) is 0 Å². The van der Waals surface area contributed by atoms with Crippen molar-refractivity contribution in [2.75, 3.05) is 13.2 Å². The fraction of sp³-hybridized carbons (Fsp3) is 0.667. The molecular formula is C18H39N5O4. The number of aromatic nitrogens is 1. The lowest BCUT2D eigenvalue weighted by atomic mass is 9.96. The largest absolute Gasteiger partial charge is 0.442 e. The molecule has 0 aliphatic carbocycles. The molecule has 1 saturated heterocycles. The van der Waals surface area contributed by atoms with Gasteiger partial charge in [0.2, 0.25) is 5.96 Å². The number of amides is 1. The molecule has 6 N–H and O–H groups in total. The van der Waals surface area contributed by atoms with E-state index in [0.717, 1.165) is 19.1 Å². The van der Waals surface area contributed by atoms with Gasteiger partial charge in [-0.3, -0.25) is 4.79 Å². The van der Waals surface area contributed by atoms with Crippen molar-refractivity contribution in [2.24, 2.45) is 32.8 Å². The molecule has 27 heavy (non-hydrogen) atoms. The molecule has 0 atom stereocenters. The average Bonchev–Trinajstić information content (AvgIpc) is 3.11. The highest BCUT2D eigenvalue weighted by Crippen LogP contribution is 2.14. The van der Waals surface area contributed by atoms with E-state index in [9.17, 15) is 4.79 Å². The summed E-state index contributed by atoms with van der Waals surface area (Å²) in [6.07, 6.45) is 5.30. The lowest BCUT2D eigenvalue weighted by Gasteiger charge is -2.16. The van der Waals surface area contributed by atoms with Gasteiger partial charge in [-0.25, -0.2) is 4.98 Å². The second kappa shape index (κ2) is 13.9. The number of aliphatic imine (C=N–C) groups is 2. The highest BCUT2D eigenvalue weighted by atomic mass is 16.5. The monoisotopic (exact) mass is 389 g/mol. The normalized spacial score (nSPS) is 15.5. The van der Waals surface area contributed by atoms with Crippen LogP contribution in [0, 0.1) is 11.3 Å². The Kier molecular flexibility index (Phi) is 13.9. The maximum absolute atomic E-state index is 11.5. The van der Waals surface area contributed by atoms with E-state index in [4.69, 9.17) is 20.6 Å². The third kappa shape index (κ3) is 11.9. The van der Waals surface area contributed by atoms with Crippen molar-refractivity contribution >= 4 is 17.7 Å². The number of rotatable bonds is 1. The zero-order valence-corrected chi connectivity index (χ0v) is 17.3. The van der Waals surface area contributed by atoms with Crippen molar-refractivity contribution in [1.82, 2.24) is 4.98 Å². The smallest absolute Gasteiger partial charge is 0.262 e. The van der Waals surface area contributed by atoms with Gasteiger partial charge in [-0.05, 0) is 18.8 Å². The van der Waals surface area contributed by atoms with Crippen molar-refractivity contribution < 1.29 is 22.3 Å². The van der Waals surface area contributed by atoms with Crippen LogP contribution in [0.2, 0.25) is 0 Å². The van der Waals surface area contributed by atoms with E-state index in [1.165, 1.54) is 25.3 Å². The van der Waals surface area contributed by atoms with E-state index in [1.54, 1.807) is 20.8 Å². The number of ether oxygens (including phenoxy) is 1. The molecule has 2 heterocycles. The van der Waals surface area contributed by atoms with Crippen LogP contribution in [0.25, 0.3) is 0 Å². The van der Waals surface area contributed by atoms with E-state index < -0.39 is 5.41 Å². The second-order valence-corrected chi connectivity index (χ2v) is 6.65. The van der Waals surface area contributed by atoms with E-state index in [1.807, 2.05) is 13.8 Å². The number of carbonyl (C=O) groups excluding carboxylic acids is 1. The van der Waals surface area contributed by atoms with Gasteiger partial charge in [0.05, 0.1) is 6.20 Å². The first-order valence-corrected chi connectivity index (χ1v) is 8.90. The van der Waals surface area contributed by atoms with Gasteiger partial charge in [0.15, 0.2) is 5.84 Å². The number of amidine groups is 1. The summed E-state index contributed by atoms with van der Waals surface area (Å²) in [4.78, 5) is 22.6. The van der Waals surface area contributed by atoms with Gasteiger partial charge >= 0.3 is 0 Å². The molecule has 0 bridgehead atoms. The summed E-state index contributed by atoms with van der Waals surface area (Å²) in [7, 11) is 0. The van der Waals surface area contributed by atoms with Crippen LogP contribution in [-0.4, -0.2) is 41.4 Å². The van der Waals surface area contributed by atoms with E-state index in [0.29, 0.717) is 0 Å². The van der Waals surface area contributed by atoms with Crippen LogP contribution in [0.4, 0.5) is 0 Å². The Hall–Kier alpha value is -2.26. The summed E-state index contributed by atoms with van der Waals surface area (Å²) in [6.45, 7) is 13.4. The van der Waals surface area contributed by atoms with Crippen LogP contribution in [0.1, 0.15) is 63.1 Å². The summed E-state index contributed by atoms with van der Waals surface area (Å²) in [5.41, 5.74) is 10.4. The van der Waals surface area contributed by atoms with Crippen LogP contribution in [-0.2, 0) is 9.53 Å². The first-order valence-electron chi connectivity index (χ1n) is 8.90. The molecule has 0 spiro atoms. The fourth-order valence-electron chi connectivity index (χ4n) is 1.63. The summed E-state index contributed by atoms with van der Waals surface area (Å²) in [5, 5.41) is 0. The van der Waals surface area contributed by atoms with Crippen molar-refractivity contribution in [3.05, 3.63) is 18.4 Å². The van der Waals surface area contributed by atoms with Crippen molar-refractivity contribution in [3.63, 3.8) is 0 Å². The number of hydrogen-bond acceptors (Lipinski definition) is 4. The number of oxazole rings is 1. The second-order valence-electron chi connectivity index (χ2n) is 6.65. The summed E-state index contributed by atoms with van der Waals surface area (Å²) >= 11 is 0. The molecule has 1 aliphatic rings. The SMILES string of the molecule is CC.CC(C)(C)C(=O)N=C(N)/N=C(\N)c1ncco1.CC1CCOCC1.O.[HH].[HH]. The highest BCUT2D eigenvalue weighted by Gasteiger charge is 2.21. The number of hydrogen-bond donors (Lipinski definition) is 2. The summed E-state index contributed by atoms with van der Waals surface area (Å²) < 4.78 is 10.0. The minimum absolute atomic E-state index is 0. The molecule has 0 saturated carbocycles. The summed E-state index contributed by atoms with van der Waals surface area (Å²) in [5.74, 6) is 0.414. The maximum Gasteiger partial charge on any atom is 0.262 e. The highest BCUT2D eigenvalue weighted by molar-refractivity contribution is 6.04. The fourth-order valence-corrected chi connectivity index (χ4v) is 1.63. The third-order valence-corrected chi connectivity index (χ3v) is 3.25.